The first kappa shape index (κ1) is 15.7. The zero-order chi connectivity index (χ0) is 17.6. The van der Waals surface area contributed by atoms with Crippen molar-refractivity contribution in [1.29, 1.82) is 0 Å². The summed E-state index contributed by atoms with van der Waals surface area (Å²) in [5.41, 5.74) is 2.83. The average molecular weight is 343 g/mol. The highest BCUT2D eigenvalue weighted by molar-refractivity contribution is 5.83. The van der Waals surface area contributed by atoms with E-state index in [1.54, 1.807) is 18.5 Å². The zero-order valence-corrected chi connectivity index (χ0v) is 13.9. The molecule has 25 heavy (non-hydrogen) atoms. The van der Waals surface area contributed by atoms with Crippen molar-refractivity contribution in [2.24, 2.45) is 0 Å². The van der Waals surface area contributed by atoms with Gasteiger partial charge in [-0.1, -0.05) is 6.08 Å². The largest absolute Gasteiger partial charge is 0.351 e. The zero-order valence-electron chi connectivity index (χ0n) is 13.9. The second-order valence-corrected chi connectivity index (χ2v) is 6.68. The van der Waals surface area contributed by atoms with Gasteiger partial charge in [-0.2, -0.15) is 4.39 Å². The van der Waals surface area contributed by atoms with E-state index in [1.165, 1.54) is 24.4 Å². The molecule has 3 aromatic heterocycles. The van der Waals surface area contributed by atoms with Gasteiger partial charge in [0.2, 0.25) is 11.9 Å². The number of hydrogen-bond donors (Lipinski definition) is 1. The van der Waals surface area contributed by atoms with Crippen molar-refractivity contribution in [2.75, 3.05) is 11.9 Å². The molecule has 0 fully saturated rings. The molecule has 0 unspecified atom stereocenters. The first-order valence-corrected chi connectivity index (χ1v) is 8.03. The molecular weight excluding hydrogens is 324 g/mol. The molecular formula is C18H19F2N5. The highest BCUT2D eigenvalue weighted by Gasteiger charge is 2.20. The molecule has 4 rings (SSSR count). The summed E-state index contributed by atoms with van der Waals surface area (Å²) in [5, 5.41) is 2.91. The SMILES string of the molecule is CC(C)(F)CNc1ncc2c(n1)CC=C2c1ccc2ncc(F)n2c1.[HH]. The number of anilines is 1. The maximum absolute atomic E-state index is 13.8. The van der Waals surface area contributed by atoms with Crippen LogP contribution >= 0.6 is 0 Å². The monoisotopic (exact) mass is 343 g/mol. The summed E-state index contributed by atoms with van der Waals surface area (Å²) in [7, 11) is 0. The first-order chi connectivity index (χ1) is 11.9. The van der Waals surface area contributed by atoms with E-state index >= 15 is 0 Å². The summed E-state index contributed by atoms with van der Waals surface area (Å²) < 4.78 is 28.8. The predicted molar refractivity (Wildman–Crippen MR) is 93.8 cm³/mol. The van der Waals surface area contributed by atoms with Gasteiger partial charge in [0.15, 0.2) is 0 Å². The van der Waals surface area contributed by atoms with Crippen LogP contribution in [-0.2, 0) is 6.42 Å². The minimum absolute atomic E-state index is 0. The summed E-state index contributed by atoms with van der Waals surface area (Å²) in [4.78, 5) is 12.7. The Hall–Kier alpha value is -2.83. The van der Waals surface area contributed by atoms with E-state index in [0.29, 0.717) is 18.0 Å². The number of aromatic nitrogens is 4. The first-order valence-electron chi connectivity index (χ1n) is 8.03. The molecule has 1 N–H and O–H groups in total. The number of nitrogens with one attached hydrogen (secondary N) is 1. The number of allylic oxidation sites excluding steroid dienone is 1. The lowest BCUT2D eigenvalue weighted by molar-refractivity contribution is 0.234. The molecule has 3 aromatic rings. The molecule has 3 heterocycles. The Morgan fingerprint density at radius 3 is 2.92 bits per heavy atom. The maximum atomic E-state index is 13.8. The van der Waals surface area contributed by atoms with E-state index < -0.39 is 11.6 Å². The van der Waals surface area contributed by atoms with Crippen molar-refractivity contribution in [2.45, 2.75) is 25.9 Å². The van der Waals surface area contributed by atoms with Gasteiger partial charge in [0, 0.05) is 25.8 Å². The predicted octanol–water partition coefficient (Wildman–Crippen LogP) is 3.66. The second-order valence-electron chi connectivity index (χ2n) is 6.68. The molecule has 0 aliphatic heterocycles. The van der Waals surface area contributed by atoms with E-state index in [2.05, 4.69) is 20.3 Å². The van der Waals surface area contributed by atoms with Crippen LogP contribution in [0.5, 0.6) is 0 Å². The molecule has 0 saturated heterocycles. The fraction of sp³-hybridized carbons (Fsp3) is 0.278. The molecule has 0 aromatic carbocycles. The highest BCUT2D eigenvalue weighted by Crippen LogP contribution is 2.32. The average Bonchev–Trinajstić information content (AvgIpc) is 3.15. The van der Waals surface area contributed by atoms with Crippen LogP contribution in [0.15, 0.2) is 36.8 Å². The quantitative estimate of drug-likeness (QED) is 0.785. The summed E-state index contributed by atoms with van der Waals surface area (Å²) in [5.74, 6) is 0.00976. The van der Waals surface area contributed by atoms with Crippen molar-refractivity contribution >= 4 is 17.2 Å². The van der Waals surface area contributed by atoms with Gasteiger partial charge in [-0.25, -0.2) is 19.3 Å². The summed E-state index contributed by atoms with van der Waals surface area (Å²) in [6.45, 7) is 3.14. The molecule has 5 nitrogen and oxygen atoms in total. The van der Waals surface area contributed by atoms with E-state index in [0.717, 1.165) is 22.4 Å². The number of hydrogen-bond acceptors (Lipinski definition) is 4. The van der Waals surface area contributed by atoms with E-state index in [4.69, 9.17) is 0 Å². The van der Waals surface area contributed by atoms with E-state index in [9.17, 15) is 8.78 Å². The molecule has 0 saturated carbocycles. The molecule has 1 aliphatic rings. The van der Waals surface area contributed by atoms with Crippen molar-refractivity contribution in [3.8, 4) is 0 Å². The Bertz CT molecular complexity index is 991. The van der Waals surface area contributed by atoms with Gasteiger partial charge in [-0.3, -0.25) is 4.40 Å². The van der Waals surface area contributed by atoms with Crippen LogP contribution in [0.3, 0.4) is 0 Å². The molecule has 0 spiro atoms. The number of nitrogens with zero attached hydrogens (tertiary/aromatic N) is 4. The van der Waals surface area contributed by atoms with Crippen LogP contribution in [-0.4, -0.2) is 31.6 Å². The fourth-order valence-corrected chi connectivity index (χ4v) is 2.86. The third-order valence-electron chi connectivity index (χ3n) is 4.10. The number of alkyl halides is 1. The van der Waals surface area contributed by atoms with Gasteiger partial charge in [-0.05, 0) is 37.1 Å². The molecule has 0 atom stereocenters. The van der Waals surface area contributed by atoms with Gasteiger partial charge < -0.3 is 5.32 Å². The lowest BCUT2D eigenvalue weighted by Gasteiger charge is -2.15. The maximum Gasteiger partial charge on any atom is 0.223 e. The van der Waals surface area contributed by atoms with Crippen LogP contribution in [0, 0.1) is 5.95 Å². The second kappa shape index (κ2) is 5.61. The topological polar surface area (TPSA) is 55.1 Å². The molecule has 7 heteroatoms. The van der Waals surface area contributed by atoms with Crippen LogP contribution in [0.2, 0.25) is 0 Å². The smallest absolute Gasteiger partial charge is 0.223 e. The van der Waals surface area contributed by atoms with Gasteiger partial charge >= 0.3 is 0 Å². The van der Waals surface area contributed by atoms with Gasteiger partial charge in [-0.15, -0.1) is 0 Å². The van der Waals surface area contributed by atoms with Crippen LogP contribution in [0.4, 0.5) is 14.7 Å². The minimum Gasteiger partial charge on any atom is -0.351 e. The molecule has 0 amide bonds. The van der Waals surface area contributed by atoms with E-state index in [1.807, 2.05) is 12.1 Å². The Morgan fingerprint density at radius 1 is 1.28 bits per heavy atom. The third-order valence-corrected chi connectivity index (χ3v) is 4.10. The number of imidazole rings is 1. The van der Waals surface area contributed by atoms with Gasteiger partial charge in [0.25, 0.3) is 0 Å². The number of pyridine rings is 1. The Kier molecular flexibility index (Phi) is 3.52. The lowest BCUT2D eigenvalue weighted by Crippen LogP contribution is -2.25. The van der Waals surface area contributed by atoms with Gasteiger partial charge in [0.05, 0.1) is 18.4 Å². The van der Waals surface area contributed by atoms with Crippen molar-refractivity contribution in [3.63, 3.8) is 0 Å². The van der Waals surface area contributed by atoms with Crippen LogP contribution in [0.25, 0.3) is 11.2 Å². The van der Waals surface area contributed by atoms with Crippen molar-refractivity contribution < 1.29 is 10.2 Å². The van der Waals surface area contributed by atoms with Crippen LogP contribution in [0.1, 0.15) is 32.1 Å². The van der Waals surface area contributed by atoms with Crippen molar-refractivity contribution in [3.05, 3.63) is 59.6 Å². The lowest BCUT2D eigenvalue weighted by atomic mass is 10.0. The highest BCUT2D eigenvalue weighted by atomic mass is 19.1. The Morgan fingerprint density at radius 2 is 2.12 bits per heavy atom. The molecule has 130 valence electrons. The minimum atomic E-state index is -1.34. The third kappa shape index (κ3) is 2.97. The Labute approximate surface area is 144 Å². The summed E-state index contributed by atoms with van der Waals surface area (Å²) >= 11 is 0. The summed E-state index contributed by atoms with van der Waals surface area (Å²) in [6, 6.07) is 3.68. The van der Waals surface area contributed by atoms with Crippen molar-refractivity contribution in [1.82, 2.24) is 19.4 Å². The molecule has 0 radical (unpaired) electrons. The van der Waals surface area contributed by atoms with Gasteiger partial charge in [0.1, 0.15) is 11.3 Å². The van der Waals surface area contributed by atoms with Crippen LogP contribution < -0.4 is 5.32 Å². The summed E-state index contributed by atoms with van der Waals surface area (Å²) in [6.07, 6.45) is 7.34. The number of rotatable bonds is 4. The fourth-order valence-electron chi connectivity index (χ4n) is 2.86. The number of halogens is 2. The Balaban J connectivity index is 0.00000196. The van der Waals surface area contributed by atoms with E-state index in [-0.39, 0.29) is 7.97 Å². The normalized spacial score (nSPS) is 13.8. The standard InChI is InChI=1S/C18H17F2N5.H2/c1-18(2,20)10-23-17-22-7-13-12(4-5-14(13)24-17)11-3-6-16-21-8-15(19)25(16)9-11;/h3-4,6-9H,5,10H2,1-2H3,(H,22,23,24);1H. The number of fused-ring (bicyclic) bond motifs is 2. The molecule has 0 bridgehead atoms. The molecule has 1 aliphatic carbocycles.